The SMILES string of the molecule is c1ccc(-c2ccc(-c3c4ccccc4c(-c4ccc(-c5ccc(-c6ccc7c(c6)c6ccc8ccccc8c6n7-c6ccccc6)cc5)cn4)c4ccccc34)cc2)cc1. The van der Waals surface area contributed by atoms with Crippen LogP contribution in [-0.2, 0) is 0 Å². The van der Waals surface area contributed by atoms with Crippen LogP contribution in [0.4, 0.5) is 0 Å². The number of hydrogen-bond donors (Lipinski definition) is 0. The lowest BCUT2D eigenvalue weighted by molar-refractivity contribution is 1.19. The van der Waals surface area contributed by atoms with Crippen LogP contribution >= 0.6 is 0 Å². The van der Waals surface area contributed by atoms with Gasteiger partial charge in [0.05, 0.1) is 16.7 Å². The summed E-state index contributed by atoms with van der Waals surface area (Å²) in [5.41, 5.74) is 15.2. The highest BCUT2D eigenvalue weighted by molar-refractivity contribution is 6.21. The van der Waals surface area contributed by atoms with Crippen molar-refractivity contribution in [3.8, 4) is 61.5 Å². The van der Waals surface area contributed by atoms with Crippen molar-refractivity contribution in [1.29, 1.82) is 0 Å². The van der Waals surface area contributed by atoms with Gasteiger partial charge < -0.3 is 4.57 Å². The second-order valence-corrected chi connectivity index (χ2v) is 15.9. The molecule has 2 nitrogen and oxygen atoms in total. The molecule has 2 heteroatoms. The van der Waals surface area contributed by atoms with Crippen LogP contribution in [0.5, 0.6) is 0 Å². The highest BCUT2D eigenvalue weighted by atomic mass is 15.0. The molecule has 2 aromatic heterocycles. The zero-order valence-electron chi connectivity index (χ0n) is 33.3. The Kier molecular flexibility index (Phi) is 8.21. The first-order valence-electron chi connectivity index (χ1n) is 20.9. The minimum absolute atomic E-state index is 0.967. The van der Waals surface area contributed by atoms with Gasteiger partial charge in [0.1, 0.15) is 0 Å². The molecule has 0 saturated carbocycles. The molecule has 284 valence electrons. The van der Waals surface area contributed by atoms with E-state index >= 15 is 0 Å². The van der Waals surface area contributed by atoms with E-state index in [1.54, 1.807) is 0 Å². The fourth-order valence-corrected chi connectivity index (χ4v) is 9.55. The van der Waals surface area contributed by atoms with E-state index in [4.69, 9.17) is 4.98 Å². The van der Waals surface area contributed by atoms with Gasteiger partial charge in [0.15, 0.2) is 0 Å². The Hall–Kier alpha value is -8.07. The second kappa shape index (κ2) is 14.3. The molecule has 0 amide bonds. The van der Waals surface area contributed by atoms with E-state index in [0.717, 1.165) is 22.4 Å². The van der Waals surface area contributed by atoms with E-state index in [1.807, 2.05) is 6.20 Å². The van der Waals surface area contributed by atoms with Crippen LogP contribution in [-0.4, -0.2) is 9.55 Å². The average Bonchev–Trinajstić information content (AvgIpc) is 3.68. The van der Waals surface area contributed by atoms with Gasteiger partial charge in [-0.3, -0.25) is 4.98 Å². The zero-order valence-corrected chi connectivity index (χ0v) is 33.3. The Bertz CT molecular complexity index is 3530. The highest BCUT2D eigenvalue weighted by Gasteiger charge is 2.19. The monoisotopic (exact) mass is 774 g/mol. The molecule has 0 aliphatic rings. The Balaban J connectivity index is 0.900. The van der Waals surface area contributed by atoms with Crippen molar-refractivity contribution in [2.75, 3.05) is 0 Å². The maximum atomic E-state index is 5.16. The van der Waals surface area contributed by atoms with Crippen molar-refractivity contribution in [3.05, 3.63) is 231 Å². The van der Waals surface area contributed by atoms with Gasteiger partial charge in [-0.1, -0.05) is 194 Å². The lowest BCUT2D eigenvalue weighted by atomic mass is 9.87. The summed E-state index contributed by atoms with van der Waals surface area (Å²) >= 11 is 0. The van der Waals surface area contributed by atoms with Crippen LogP contribution in [0.2, 0.25) is 0 Å². The quantitative estimate of drug-likeness (QED) is 0.154. The van der Waals surface area contributed by atoms with Crippen molar-refractivity contribution >= 4 is 54.1 Å². The van der Waals surface area contributed by atoms with E-state index in [-0.39, 0.29) is 0 Å². The molecule has 0 N–H and O–H groups in total. The largest absolute Gasteiger partial charge is 0.309 e. The first-order valence-corrected chi connectivity index (χ1v) is 20.9. The lowest BCUT2D eigenvalue weighted by Gasteiger charge is -2.17. The van der Waals surface area contributed by atoms with Gasteiger partial charge in [0.25, 0.3) is 0 Å². The molecule has 12 aromatic rings. The molecule has 2 heterocycles. The van der Waals surface area contributed by atoms with Gasteiger partial charge in [0, 0.05) is 39.2 Å². The summed E-state index contributed by atoms with van der Waals surface area (Å²) < 4.78 is 2.42. The Morgan fingerprint density at radius 1 is 0.295 bits per heavy atom. The lowest BCUT2D eigenvalue weighted by Crippen LogP contribution is -1.94. The summed E-state index contributed by atoms with van der Waals surface area (Å²) in [6, 6.07) is 81.3. The standard InChI is InChI=1S/C59H38N2/c1-3-13-39(14-4-1)40-27-29-44(30-28-40)57-49-19-9-11-21-51(49)58(52-22-12-10-20-50(52)57)55-35-32-46(38-60-55)42-25-23-41(24-26-42)45-33-36-56-54(37-45)53-34-31-43-15-7-8-18-48(43)59(53)61(56)47-16-5-2-6-17-47/h1-38H. The van der Waals surface area contributed by atoms with Crippen LogP contribution in [0.25, 0.3) is 116 Å². The van der Waals surface area contributed by atoms with Crippen molar-refractivity contribution in [2.24, 2.45) is 0 Å². The molecule has 0 fully saturated rings. The number of para-hydroxylation sites is 1. The first-order chi connectivity index (χ1) is 30.3. The zero-order chi connectivity index (χ0) is 40.3. The van der Waals surface area contributed by atoms with Crippen LogP contribution in [0, 0.1) is 0 Å². The Morgan fingerprint density at radius 3 is 1.43 bits per heavy atom. The van der Waals surface area contributed by atoms with Crippen LogP contribution in [0.3, 0.4) is 0 Å². The third-order valence-corrected chi connectivity index (χ3v) is 12.4. The van der Waals surface area contributed by atoms with Gasteiger partial charge in [-0.15, -0.1) is 0 Å². The molecule has 0 spiro atoms. The summed E-state index contributed by atoms with van der Waals surface area (Å²) in [5.74, 6) is 0. The fourth-order valence-electron chi connectivity index (χ4n) is 9.55. The molecule has 0 bridgehead atoms. The molecule has 10 aromatic carbocycles. The molecule has 61 heavy (non-hydrogen) atoms. The molecular formula is C59H38N2. The summed E-state index contributed by atoms with van der Waals surface area (Å²) in [6.45, 7) is 0. The Labute approximate surface area is 354 Å². The summed E-state index contributed by atoms with van der Waals surface area (Å²) in [5, 5.41) is 9.86. The van der Waals surface area contributed by atoms with E-state index in [2.05, 4.69) is 229 Å². The van der Waals surface area contributed by atoms with Crippen LogP contribution in [0.1, 0.15) is 0 Å². The fraction of sp³-hybridized carbons (Fsp3) is 0. The summed E-state index contributed by atoms with van der Waals surface area (Å²) in [7, 11) is 0. The third kappa shape index (κ3) is 5.84. The number of nitrogens with zero attached hydrogens (tertiary/aromatic N) is 2. The topological polar surface area (TPSA) is 17.8 Å². The van der Waals surface area contributed by atoms with Gasteiger partial charge in [-0.25, -0.2) is 0 Å². The molecule has 0 radical (unpaired) electrons. The molecular weight excluding hydrogens is 737 g/mol. The van der Waals surface area contributed by atoms with Gasteiger partial charge >= 0.3 is 0 Å². The van der Waals surface area contributed by atoms with E-state index in [1.165, 1.54) is 93.2 Å². The van der Waals surface area contributed by atoms with Gasteiger partial charge in [-0.2, -0.15) is 0 Å². The molecule has 0 aliphatic carbocycles. The molecule has 0 saturated heterocycles. The van der Waals surface area contributed by atoms with Crippen molar-refractivity contribution in [1.82, 2.24) is 9.55 Å². The maximum Gasteiger partial charge on any atom is 0.0714 e. The van der Waals surface area contributed by atoms with Crippen molar-refractivity contribution in [2.45, 2.75) is 0 Å². The van der Waals surface area contributed by atoms with E-state index < -0.39 is 0 Å². The predicted octanol–water partition coefficient (Wildman–Crippen LogP) is 16.0. The maximum absolute atomic E-state index is 5.16. The van der Waals surface area contributed by atoms with Gasteiger partial charge in [0.2, 0.25) is 0 Å². The molecule has 0 unspecified atom stereocenters. The molecule has 12 rings (SSSR count). The number of hydrogen-bond acceptors (Lipinski definition) is 1. The normalized spacial score (nSPS) is 11.6. The number of pyridine rings is 1. The predicted molar refractivity (Wildman–Crippen MR) is 258 cm³/mol. The molecule has 0 atom stereocenters. The van der Waals surface area contributed by atoms with Crippen LogP contribution in [0.15, 0.2) is 231 Å². The number of fused-ring (bicyclic) bond motifs is 7. The number of rotatable bonds is 6. The van der Waals surface area contributed by atoms with Crippen LogP contribution < -0.4 is 0 Å². The third-order valence-electron chi connectivity index (χ3n) is 12.4. The summed E-state index contributed by atoms with van der Waals surface area (Å²) in [4.78, 5) is 5.16. The van der Waals surface area contributed by atoms with Gasteiger partial charge in [-0.05, 0) is 96.2 Å². The van der Waals surface area contributed by atoms with E-state index in [0.29, 0.717) is 0 Å². The Morgan fingerprint density at radius 2 is 0.787 bits per heavy atom. The summed E-state index contributed by atoms with van der Waals surface area (Å²) in [6.07, 6.45) is 2.03. The minimum Gasteiger partial charge on any atom is -0.309 e. The second-order valence-electron chi connectivity index (χ2n) is 15.9. The van der Waals surface area contributed by atoms with Crippen molar-refractivity contribution in [3.63, 3.8) is 0 Å². The molecule has 0 aliphatic heterocycles. The first kappa shape index (κ1) is 34.9. The number of benzene rings is 10. The van der Waals surface area contributed by atoms with Crippen molar-refractivity contribution < 1.29 is 0 Å². The van der Waals surface area contributed by atoms with E-state index in [9.17, 15) is 0 Å². The number of aromatic nitrogens is 2. The highest BCUT2D eigenvalue weighted by Crippen LogP contribution is 2.44. The average molecular weight is 775 g/mol. The minimum atomic E-state index is 0.967. The smallest absolute Gasteiger partial charge is 0.0714 e.